The monoisotopic (exact) mass is 326 g/mol. The molecule has 0 bridgehead atoms. The quantitative estimate of drug-likeness (QED) is 0.883. The molecule has 2 saturated heterocycles. The van der Waals surface area contributed by atoms with Crippen LogP contribution < -0.4 is 5.32 Å². The zero-order chi connectivity index (χ0) is 15.8. The van der Waals surface area contributed by atoms with E-state index in [1.807, 2.05) is 19.1 Å². The molecule has 2 atom stereocenters. The summed E-state index contributed by atoms with van der Waals surface area (Å²) in [5.41, 5.74) is 0.512. The Kier molecular flexibility index (Phi) is 4.09. The second-order valence-corrected chi connectivity index (χ2v) is 8.28. The molecule has 8 heteroatoms. The highest BCUT2D eigenvalue weighted by Crippen LogP contribution is 2.36. The van der Waals surface area contributed by atoms with Gasteiger partial charge in [-0.15, -0.1) is 5.10 Å². The highest BCUT2D eigenvalue weighted by atomic mass is 32.2. The maximum Gasteiger partial charge on any atom is 0.211 e. The summed E-state index contributed by atoms with van der Waals surface area (Å²) in [6.45, 7) is 3.49. The Morgan fingerprint density at radius 3 is 2.91 bits per heavy atom. The highest BCUT2D eigenvalue weighted by Gasteiger charge is 2.45. The fourth-order valence-electron chi connectivity index (χ4n) is 3.25. The number of sulfonamides is 1. The van der Waals surface area contributed by atoms with E-state index in [4.69, 9.17) is 4.74 Å². The Hall–Kier alpha value is -1.25. The first-order valence-electron chi connectivity index (χ1n) is 7.52. The predicted molar refractivity (Wildman–Crippen MR) is 83.1 cm³/mol. The van der Waals surface area contributed by atoms with Crippen molar-refractivity contribution in [3.63, 3.8) is 0 Å². The van der Waals surface area contributed by atoms with Gasteiger partial charge in [0.25, 0.3) is 0 Å². The molecule has 0 aliphatic carbocycles. The number of aryl methyl sites for hydroxylation is 1. The summed E-state index contributed by atoms with van der Waals surface area (Å²) in [7, 11) is -3.16. The van der Waals surface area contributed by atoms with Gasteiger partial charge in [0.15, 0.2) is 0 Å². The summed E-state index contributed by atoms with van der Waals surface area (Å²) in [6, 6.07) is 3.95. The fraction of sp³-hybridized carbons (Fsp3) is 0.714. The van der Waals surface area contributed by atoms with E-state index in [1.165, 1.54) is 10.6 Å². The second-order valence-electron chi connectivity index (χ2n) is 6.30. The Labute approximate surface area is 131 Å². The van der Waals surface area contributed by atoms with E-state index in [0.29, 0.717) is 19.7 Å². The van der Waals surface area contributed by atoms with Gasteiger partial charge < -0.3 is 10.1 Å². The number of hydrogen-bond donors (Lipinski definition) is 1. The van der Waals surface area contributed by atoms with Crippen LogP contribution >= 0.6 is 0 Å². The molecule has 1 aromatic heterocycles. The Balaban J connectivity index is 1.65. The number of nitrogens with one attached hydrogen (secondary N) is 1. The molecule has 3 rings (SSSR count). The van der Waals surface area contributed by atoms with Crippen molar-refractivity contribution in [2.75, 3.05) is 31.3 Å². The summed E-state index contributed by atoms with van der Waals surface area (Å²) in [5.74, 6) is 0.729. The number of nitrogens with zero attached hydrogens (tertiary/aromatic N) is 3. The molecular formula is C14H22N4O3S. The van der Waals surface area contributed by atoms with E-state index < -0.39 is 10.0 Å². The third-order valence-electron chi connectivity index (χ3n) is 4.33. The van der Waals surface area contributed by atoms with Crippen LogP contribution in [0.15, 0.2) is 12.1 Å². The fourth-order valence-corrected chi connectivity index (χ4v) is 4.18. The minimum absolute atomic E-state index is 0.136. The van der Waals surface area contributed by atoms with E-state index in [1.54, 1.807) is 0 Å². The summed E-state index contributed by atoms with van der Waals surface area (Å²) in [4.78, 5) is 0. The number of ether oxygens (including phenoxy) is 1. The van der Waals surface area contributed by atoms with Gasteiger partial charge in [-0.2, -0.15) is 9.40 Å². The van der Waals surface area contributed by atoms with Gasteiger partial charge in [0, 0.05) is 19.5 Å². The van der Waals surface area contributed by atoms with Gasteiger partial charge in [-0.1, -0.05) is 0 Å². The van der Waals surface area contributed by atoms with E-state index >= 15 is 0 Å². The van der Waals surface area contributed by atoms with Crippen molar-refractivity contribution in [2.24, 2.45) is 0 Å². The molecule has 122 valence electrons. The summed E-state index contributed by atoms with van der Waals surface area (Å²) in [6.07, 6.45) is 3.79. The van der Waals surface area contributed by atoms with E-state index in [2.05, 4.69) is 15.5 Å². The van der Waals surface area contributed by atoms with Crippen LogP contribution in [-0.2, 0) is 14.8 Å². The average molecular weight is 326 g/mol. The predicted octanol–water partition coefficient (Wildman–Crippen LogP) is 0.780. The average Bonchev–Trinajstić information content (AvgIpc) is 2.83. The molecule has 1 aromatic rings. The summed E-state index contributed by atoms with van der Waals surface area (Å²) in [5, 5.41) is 11.5. The highest BCUT2D eigenvalue weighted by molar-refractivity contribution is 7.88. The molecule has 0 radical (unpaired) electrons. The van der Waals surface area contributed by atoms with Gasteiger partial charge in [-0.05, 0) is 31.9 Å². The zero-order valence-corrected chi connectivity index (χ0v) is 13.8. The van der Waals surface area contributed by atoms with Gasteiger partial charge in [-0.25, -0.2) is 8.42 Å². The summed E-state index contributed by atoms with van der Waals surface area (Å²) >= 11 is 0. The first kappa shape index (κ1) is 15.6. The lowest BCUT2D eigenvalue weighted by Crippen LogP contribution is -2.50. The zero-order valence-electron chi connectivity index (χ0n) is 12.9. The summed E-state index contributed by atoms with van der Waals surface area (Å²) < 4.78 is 31.1. The van der Waals surface area contributed by atoms with Crippen LogP contribution in [0.2, 0.25) is 0 Å². The lowest BCUT2D eigenvalue weighted by molar-refractivity contribution is -0.0328. The van der Waals surface area contributed by atoms with Gasteiger partial charge >= 0.3 is 0 Å². The van der Waals surface area contributed by atoms with Gasteiger partial charge in [0.1, 0.15) is 5.82 Å². The molecule has 3 heterocycles. The van der Waals surface area contributed by atoms with Crippen LogP contribution in [0, 0.1) is 6.92 Å². The molecule has 22 heavy (non-hydrogen) atoms. The third-order valence-corrected chi connectivity index (χ3v) is 5.58. The number of piperidine rings is 1. The number of anilines is 1. The van der Waals surface area contributed by atoms with Crippen molar-refractivity contribution >= 4 is 15.8 Å². The topological polar surface area (TPSA) is 84.4 Å². The van der Waals surface area contributed by atoms with Gasteiger partial charge in [-0.3, -0.25) is 0 Å². The van der Waals surface area contributed by atoms with Crippen LogP contribution in [0.3, 0.4) is 0 Å². The molecule has 0 aromatic carbocycles. The van der Waals surface area contributed by atoms with Crippen molar-refractivity contribution in [1.82, 2.24) is 14.5 Å². The molecule has 2 aliphatic rings. The lowest BCUT2D eigenvalue weighted by Gasteiger charge is -2.38. The first-order valence-corrected chi connectivity index (χ1v) is 9.37. The largest absolute Gasteiger partial charge is 0.371 e. The Morgan fingerprint density at radius 2 is 2.23 bits per heavy atom. The number of rotatable bonds is 3. The SMILES string of the molecule is Cc1ccc(N[C@H]2CO[C@@]3(CCCN(S(C)(=O)=O)C3)C2)nn1. The third kappa shape index (κ3) is 3.39. The maximum absolute atomic E-state index is 11.8. The van der Waals surface area contributed by atoms with Gasteiger partial charge in [0.2, 0.25) is 10.0 Å². The lowest BCUT2D eigenvalue weighted by atomic mass is 9.90. The van der Waals surface area contributed by atoms with Crippen LogP contribution in [0.5, 0.6) is 0 Å². The number of aromatic nitrogens is 2. The van der Waals surface area contributed by atoms with Gasteiger partial charge in [0.05, 0.1) is 30.2 Å². The Morgan fingerprint density at radius 1 is 1.41 bits per heavy atom. The van der Waals surface area contributed by atoms with Crippen molar-refractivity contribution in [3.05, 3.63) is 17.8 Å². The van der Waals surface area contributed by atoms with E-state index in [-0.39, 0.29) is 11.6 Å². The van der Waals surface area contributed by atoms with E-state index in [9.17, 15) is 8.42 Å². The molecule has 1 spiro atoms. The van der Waals surface area contributed by atoms with Crippen molar-refractivity contribution in [3.8, 4) is 0 Å². The van der Waals surface area contributed by atoms with E-state index in [0.717, 1.165) is 30.8 Å². The van der Waals surface area contributed by atoms with Crippen molar-refractivity contribution < 1.29 is 13.2 Å². The molecule has 2 aliphatic heterocycles. The molecular weight excluding hydrogens is 304 g/mol. The van der Waals surface area contributed by atoms with Crippen LogP contribution in [0.25, 0.3) is 0 Å². The molecule has 1 N–H and O–H groups in total. The maximum atomic E-state index is 11.8. The van der Waals surface area contributed by atoms with Crippen LogP contribution in [-0.4, -0.2) is 60.5 Å². The molecule has 0 unspecified atom stereocenters. The molecule has 2 fully saturated rings. The van der Waals surface area contributed by atoms with Crippen molar-refractivity contribution in [1.29, 1.82) is 0 Å². The smallest absolute Gasteiger partial charge is 0.211 e. The van der Waals surface area contributed by atoms with Crippen LogP contribution in [0.1, 0.15) is 25.0 Å². The minimum Gasteiger partial charge on any atom is -0.371 e. The Bertz CT molecular complexity index is 634. The molecule has 0 amide bonds. The standard InChI is InChI=1S/C14H22N4O3S/c1-11-4-5-13(17-16-11)15-12-8-14(21-9-12)6-3-7-18(10-14)22(2,19)20/h4-5,12H,3,6-10H2,1-2H3,(H,15,17)/t12-,14+/m1/s1. The number of hydrogen-bond acceptors (Lipinski definition) is 6. The second kappa shape index (κ2) is 5.75. The minimum atomic E-state index is -3.16. The molecule has 7 nitrogen and oxygen atoms in total. The van der Waals surface area contributed by atoms with Crippen LogP contribution in [0.4, 0.5) is 5.82 Å². The van der Waals surface area contributed by atoms with Crippen molar-refractivity contribution in [2.45, 2.75) is 37.8 Å². The first-order chi connectivity index (χ1) is 10.4. The normalized spacial score (nSPS) is 29.8. The molecule has 0 saturated carbocycles.